The van der Waals surface area contributed by atoms with Crippen molar-refractivity contribution in [1.82, 2.24) is 39.0 Å². The maximum absolute atomic E-state index is 6.00. The van der Waals surface area contributed by atoms with Crippen molar-refractivity contribution in [3.8, 4) is 34.5 Å². The summed E-state index contributed by atoms with van der Waals surface area (Å²) in [5.74, 6) is 2.41. The van der Waals surface area contributed by atoms with Crippen LogP contribution in [0.25, 0.3) is 78.2 Å². The minimum absolute atomic E-state index is 0.173. The number of aromatic nitrogens is 8. The zero-order valence-electron chi connectivity index (χ0n) is 54.0. The van der Waals surface area contributed by atoms with Gasteiger partial charge in [-0.15, -0.1) is 0 Å². The minimum Gasteiger partial charge on any atom is -0.303 e. The highest BCUT2D eigenvalue weighted by Crippen LogP contribution is 2.60. The first-order valence-corrected chi connectivity index (χ1v) is 37.7. The summed E-state index contributed by atoms with van der Waals surface area (Å²) in [6.45, 7) is 4.90. The van der Waals surface area contributed by atoms with Gasteiger partial charge < -0.3 is 4.90 Å². The van der Waals surface area contributed by atoms with Crippen molar-refractivity contribution in [2.24, 2.45) is 0 Å². The maximum Gasteiger partial charge on any atom is 0.240 e. The predicted octanol–water partition coefficient (Wildman–Crippen LogP) is 14.1. The molecular formula is C86H67N9Si2. The molecule has 0 N–H and O–H groups in total. The smallest absolute Gasteiger partial charge is 0.240 e. The maximum atomic E-state index is 6.00. The van der Waals surface area contributed by atoms with Crippen LogP contribution in [0.3, 0.4) is 0 Å². The molecule has 10 aromatic carbocycles. The van der Waals surface area contributed by atoms with Crippen LogP contribution in [-0.2, 0) is 5.41 Å². The van der Waals surface area contributed by atoms with Crippen LogP contribution in [-0.4, -0.2) is 60.7 Å². The van der Waals surface area contributed by atoms with Gasteiger partial charge in [-0.1, -0.05) is 281 Å². The molecule has 9 nitrogen and oxygen atoms in total. The zero-order valence-corrected chi connectivity index (χ0v) is 56.0. The van der Waals surface area contributed by atoms with Gasteiger partial charge in [0.1, 0.15) is 11.5 Å². The van der Waals surface area contributed by atoms with Crippen LogP contribution in [0.2, 0.25) is 0 Å². The predicted molar refractivity (Wildman–Crippen MR) is 403 cm³/mol. The van der Waals surface area contributed by atoms with Crippen LogP contribution in [0.15, 0.2) is 322 Å². The molecule has 1 saturated carbocycles. The lowest BCUT2D eigenvalue weighted by atomic mass is 9.61. The number of hydrogen-bond acceptors (Lipinski definition) is 7. The Hall–Kier alpha value is -11.5. The first-order valence-electron chi connectivity index (χ1n) is 33.7. The van der Waals surface area contributed by atoms with Crippen LogP contribution in [0.5, 0.6) is 0 Å². The van der Waals surface area contributed by atoms with E-state index < -0.39 is 16.1 Å². The highest BCUT2D eigenvalue weighted by Gasteiger charge is 2.58. The number of benzene rings is 10. The van der Waals surface area contributed by atoms with E-state index in [0.29, 0.717) is 23.4 Å². The van der Waals surface area contributed by atoms with E-state index in [1.807, 2.05) is 0 Å². The topological polar surface area (TPSA) is 90.4 Å². The zero-order chi connectivity index (χ0) is 64.7. The molecular weight excluding hydrogens is 1220 g/mol. The van der Waals surface area contributed by atoms with Gasteiger partial charge in [0.25, 0.3) is 0 Å². The average Bonchev–Trinajstić information content (AvgIpc) is 1.55. The van der Waals surface area contributed by atoms with Crippen molar-refractivity contribution in [1.29, 1.82) is 0 Å². The number of hydrogen-bond donors (Lipinski definition) is 0. The van der Waals surface area contributed by atoms with Gasteiger partial charge in [0.2, 0.25) is 28.0 Å². The number of fused-ring (bicyclic) bond motifs is 10. The molecule has 0 spiro atoms. The Balaban J connectivity index is 0.901. The summed E-state index contributed by atoms with van der Waals surface area (Å²) in [7, 11) is -6.41. The second kappa shape index (κ2) is 23.2. The quantitative estimate of drug-likeness (QED) is 0.0839. The summed E-state index contributed by atoms with van der Waals surface area (Å²) in [6, 6.07) is 116. The number of pyridine rings is 3. The Bertz CT molecular complexity index is 5520. The van der Waals surface area contributed by atoms with E-state index in [0.717, 1.165) is 108 Å². The second-order valence-corrected chi connectivity index (χ2v) is 33.8. The lowest BCUT2D eigenvalue weighted by Gasteiger charge is -2.49. The number of anilines is 2. The Morgan fingerprint density at radius 1 is 0.330 bits per heavy atom. The first kappa shape index (κ1) is 58.1. The summed E-state index contributed by atoms with van der Waals surface area (Å²) in [4.78, 5) is 37.5. The fourth-order valence-corrected chi connectivity index (χ4v) is 25.9. The van der Waals surface area contributed by atoms with E-state index in [-0.39, 0.29) is 11.0 Å². The molecule has 0 radical (unpaired) electrons. The van der Waals surface area contributed by atoms with Gasteiger partial charge in [-0.2, -0.15) is 15.0 Å². The van der Waals surface area contributed by atoms with Crippen molar-refractivity contribution >= 4 is 113 Å². The van der Waals surface area contributed by atoms with Crippen molar-refractivity contribution < 1.29 is 0 Å². The van der Waals surface area contributed by atoms with Crippen LogP contribution < -0.4 is 46.8 Å². The molecule has 11 heteroatoms. The van der Waals surface area contributed by atoms with Crippen molar-refractivity contribution in [2.75, 3.05) is 4.90 Å². The molecule has 6 aromatic heterocycles. The van der Waals surface area contributed by atoms with Crippen LogP contribution in [0.4, 0.5) is 11.6 Å². The van der Waals surface area contributed by atoms with E-state index in [2.05, 4.69) is 349 Å². The fraction of sp³-hybridized carbons (Fsp3) is 0.0930. The molecule has 1 aliphatic heterocycles. The molecule has 16 aromatic rings. The van der Waals surface area contributed by atoms with Crippen LogP contribution in [0.1, 0.15) is 45.1 Å². The molecule has 97 heavy (non-hydrogen) atoms. The second-order valence-electron chi connectivity index (χ2n) is 26.4. The van der Waals surface area contributed by atoms with Gasteiger partial charge in [-0.25, -0.2) is 4.98 Å². The Morgan fingerprint density at radius 3 is 1.42 bits per heavy atom. The number of nitrogens with zero attached hydrogens (tertiary/aromatic N) is 9. The highest BCUT2D eigenvalue weighted by molar-refractivity contribution is 7.20. The van der Waals surface area contributed by atoms with E-state index in [1.165, 1.54) is 31.5 Å². The first-order chi connectivity index (χ1) is 47.9. The third-order valence-electron chi connectivity index (χ3n) is 21.4. The molecule has 7 heterocycles. The van der Waals surface area contributed by atoms with Gasteiger partial charge in [-0.05, 0) is 112 Å². The monoisotopic (exact) mass is 1280 g/mol. The third kappa shape index (κ3) is 8.88. The molecule has 1 aliphatic carbocycles. The van der Waals surface area contributed by atoms with Gasteiger partial charge in [0, 0.05) is 54.2 Å². The molecule has 2 atom stereocenters. The summed E-state index contributed by atoms with van der Waals surface area (Å²) >= 11 is 0. The SMILES string of the molecule is CC12CCCCC1(C)N(c1nc(-c3cccc([Si](c4ccccc4)(c4ccccc4)c4cccc(-c5ccccc5)n4)n3)nc(-n3c4ccccc4c4c3ccc3c5ccccc5n(-c5cccc([Si](c6ccccc6)(c6ccccc6)c6ccccc6)n5)c34)n1)c1ccccc12. The molecule has 0 amide bonds. The van der Waals surface area contributed by atoms with Gasteiger partial charge in [0.05, 0.1) is 33.3 Å². The summed E-state index contributed by atoms with van der Waals surface area (Å²) in [5, 5.41) is 13.5. The van der Waals surface area contributed by atoms with Gasteiger partial charge in [0.15, 0.2) is 5.82 Å². The van der Waals surface area contributed by atoms with Crippen LogP contribution >= 0.6 is 0 Å². The third-order valence-corrected chi connectivity index (χ3v) is 30.6. The van der Waals surface area contributed by atoms with Crippen molar-refractivity contribution in [3.63, 3.8) is 0 Å². The van der Waals surface area contributed by atoms with E-state index in [4.69, 9.17) is 29.9 Å². The van der Waals surface area contributed by atoms with Crippen LogP contribution in [0, 0.1) is 0 Å². The molecule has 1 fully saturated rings. The van der Waals surface area contributed by atoms with E-state index in [9.17, 15) is 0 Å². The molecule has 0 saturated heterocycles. The molecule has 2 aliphatic rings. The van der Waals surface area contributed by atoms with Gasteiger partial charge >= 0.3 is 0 Å². The Morgan fingerprint density at radius 2 is 0.804 bits per heavy atom. The van der Waals surface area contributed by atoms with E-state index in [1.54, 1.807) is 0 Å². The largest absolute Gasteiger partial charge is 0.303 e. The summed E-state index contributed by atoms with van der Waals surface area (Å²) < 4.78 is 4.70. The van der Waals surface area contributed by atoms with Crippen molar-refractivity contribution in [3.05, 3.63) is 327 Å². The normalized spacial score (nSPS) is 16.2. The van der Waals surface area contributed by atoms with Crippen molar-refractivity contribution in [2.45, 2.75) is 50.5 Å². The summed E-state index contributed by atoms with van der Waals surface area (Å²) in [5.41, 5.74) is 8.57. The molecule has 0 bridgehead atoms. The average molecular weight is 1280 g/mol. The lowest BCUT2D eigenvalue weighted by Crippen LogP contribution is -2.76. The Kier molecular flexibility index (Phi) is 13.9. The van der Waals surface area contributed by atoms with Gasteiger partial charge in [-0.3, -0.25) is 19.1 Å². The Labute approximate surface area is 565 Å². The minimum atomic E-state index is -3.35. The molecule has 2 unspecified atom stereocenters. The molecule has 18 rings (SSSR count). The fourth-order valence-electron chi connectivity index (χ4n) is 16.8. The number of para-hydroxylation sites is 3. The number of rotatable bonds is 13. The summed E-state index contributed by atoms with van der Waals surface area (Å²) in [6.07, 6.45) is 4.27. The highest BCUT2D eigenvalue weighted by atomic mass is 28.3. The van der Waals surface area contributed by atoms with E-state index >= 15 is 0 Å². The molecule has 464 valence electrons. The lowest BCUT2D eigenvalue weighted by molar-refractivity contribution is 0.193. The standard InChI is InChI=1S/C86H67N9Si2/c1-85-58-27-28-59-86(85,2)95(74-51-26-23-46-69(74)85)84-91-82(71-48-30-54-78(88-71)97(64-40-17-7-18-41-64,65-42-19-8-20-43-65)77-53-29-47-70(87-77)60-32-9-3-10-33-60)90-83(92-84)93-73-50-25-22-45-68(73)80-75(93)57-56-67-66-44-21-24-49-72(66)94(81(67)80)76-52-31-55-79(89-76)96(61-34-11-4-12-35-61,62-36-13-5-14-37-62)63-38-15-6-16-39-63/h3-26,29-57H,27-28,58-59H2,1-2H3.